The number of carboxylic acid groups (broad SMARTS) is 1. The number of ether oxygens (including phenoxy) is 1. The lowest BCUT2D eigenvalue weighted by molar-refractivity contribution is -0.144. The van der Waals surface area contributed by atoms with Crippen molar-refractivity contribution in [2.45, 2.75) is 31.8 Å². The molecule has 1 aromatic rings. The van der Waals surface area contributed by atoms with Crippen molar-refractivity contribution >= 4 is 5.97 Å². The van der Waals surface area contributed by atoms with Gasteiger partial charge >= 0.3 is 5.97 Å². The molecule has 1 aliphatic heterocycles. The predicted molar refractivity (Wildman–Crippen MR) is 69.1 cm³/mol. The third-order valence-corrected chi connectivity index (χ3v) is 4.35. The number of aliphatic hydroxyl groups excluding tert-OH is 1. The van der Waals surface area contributed by atoms with Crippen LogP contribution in [-0.2, 0) is 11.2 Å². The minimum Gasteiger partial charge on any atom is -0.493 e. The molecule has 1 saturated carbocycles. The molecule has 3 rings (SSSR count). The number of fused-ring (bicyclic) bond motifs is 1. The maximum atomic E-state index is 11.2. The van der Waals surface area contributed by atoms with Gasteiger partial charge in [-0.2, -0.15) is 0 Å². The number of aliphatic carboxylic acids is 1. The van der Waals surface area contributed by atoms with Crippen LogP contribution in [0.3, 0.4) is 0 Å². The number of rotatable bonds is 3. The molecule has 1 fully saturated rings. The molecule has 0 aromatic heterocycles. The second-order valence-electron chi connectivity index (χ2n) is 5.45. The van der Waals surface area contributed by atoms with Crippen LogP contribution >= 0.6 is 0 Å². The van der Waals surface area contributed by atoms with Crippen molar-refractivity contribution in [3.8, 4) is 5.75 Å². The van der Waals surface area contributed by atoms with E-state index >= 15 is 0 Å². The first-order valence-electron chi connectivity index (χ1n) is 6.83. The summed E-state index contributed by atoms with van der Waals surface area (Å²) in [6.45, 7) is 0.691. The van der Waals surface area contributed by atoms with Gasteiger partial charge in [0.05, 0.1) is 18.6 Å². The van der Waals surface area contributed by atoms with E-state index in [4.69, 9.17) is 4.74 Å². The molecule has 0 amide bonds. The smallest absolute Gasteiger partial charge is 0.306 e. The monoisotopic (exact) mass is 262 g/mol. The van der Waals surface area contributed by atoms with Crippen LogP contribution in [0.4, 0.5) is 0 Å². The third-order valence-electron chi connectivity index (χ3n) is 4.35. The summed E-state index contributed by atoms with van der Waals surface area (Å²) in [5.41, 5.74) is 1.93. The Morgan fingerprint density at radius 2 is 2.21 bits per heavy atom. The molecule has 2 N–H and O–H groups in total. The van der Waals surface area contributed by atoms with Gasteiger partial charge in [-0.1, -0.05) is 12.5 Å². The van der Waals surface area contributed by atoms with E-state index in [0.29, 0.717) is 13.0 Å². The van der Waals surface area contributed by atoms with Crippen LogP contribution in [0.25, 0.3) is 0 Å². The number of benzene rings is 1. The lowest BCUT2D eigenvalue weighted by atomic mass is 9.86. The van der Waals surface area contributed by atoms with Crippen LogP contribution in [0.15, 0.2) is 18.2 Å². The van der Waals surface area contributed by atoms with E-state index in [9.17, 15) is 15.0 Å². The van der Waals surface area contributed by atoms with E-state index in [0.717, 1.165) is 36.1 Å². The van der Waals surface area contributed by atoms with Crippen molar-refractivity contribution in [3.63, 3.8) is 0 Å². The van der Waals surface area contributed by atoms with Gasteiger partial charge in [-0.25, -0.2) is 0 Å². The van der Waals surface area contributed by atoms with Gasteiger partial charge < -0.3 is 14.9 Å². The van der Waals surface area contributed by atoms with Crippen LogP contribution in [0.1, 0.15) is 36.5 Å². The van der Waals surface area contributed by atoms with Gasteiger partial charge in [0.15, 0.2) is 0 Å². The van der Waals surface area contributed by atoms with Crippen LogP contribution in [0.5, 0.6) is 5.75 Å². The first-order valence-corrected chi connectivity index (χ1v) is 6.83. The van der Waals surface area contributed by atoms with E-state index in [1.54, 1.807) is 0 Å². The first kappa shape index (κ1) is 12.5. The number of carboxylic acids is 1. The highest BCUT2D eigenvalue weighted by Crippen LogP contribution is 2.41. The molecule has 1 aromatic carbocycles. The number of hydrogen-bond acceptors (Lipinski definition) is 3. The fourth-order valence-electron chi connectivity index (χ4n) is 3.31. The maximum absolute atomic E-state index is 11.2. The summed E-state index contributed by atoms with van der Waals surface area (Å²) >= 11 is 0. The van der Waals surface area contributed by atoms with Gasteiger partial charge in [0.1, 0.15) is 5.75 Å². The second kappa shape index (κ2) is 4.85. The minimum absolute atomic E-state index is 0.169. The molecule has 1 heterocycles. The molecule has 0 saturated heterocycles. The second-order valence-corrected chi connectivity index (χ2v) is 5.45. The van der Waals surface area contributed by atoms with E-state index in [-0.39, 0.29) is 5.92 Å². The van der Waals surface area contributed by atoms with Crippen LogP contribution in [0.2, 0.25) is 0 Å². The van der Waals surface area contributed by atoms with Crippen molar-refractivity contribution in [1.82, 2.24) is 0 Å². The molecular weight excluding hydrogens is 244 g/mol. The average Bonchev–Trinajstić information content (AvgIpc) is 3.05. The van der Waals surface area contributed by atoms with Gasteiger partial charge in [-0.15, -0.1) is 0 Å². The molecule has 2 aliphatic rings. The van der Waals surface area contributed by atoms with E-state index in [1.807, 2.05) is 18.2 Å². The van der Waals surface area contributed by atoms with Gasteiger partial charge in [-0.3, -0.25) is 4.79 Å². The first-order chi connectivity index (χ1) is 9.16. The Morgan fingerprint density at radius 3 is 3.00 bits per heavy atom. The fourth-order valence-corrected chi connectivity index (χ4v) is 3.31. The lowest BCUT2D eigenvalue weighted by Crippen LogP contribution is -2.23. The molecule has 4 nitrogen and oxygen atoms in total. The zero-order valence-corrected chi connectivity index (χ0v) is 10.7. The Labute approximate surface area is 112 Å². The highest BCUT2D eigenvalue weighted by atomic mass is 16.5. The zero-order chi connectivity index (χ0) is 13.4. The maximum Gasteiger partial charge on any atom is 0.306 e. The largest absolute Gasteiger partial charge is 0.493 e. The molecule has 0 bridgehead atoms. The standard InChI is InChI=1S/C15H18O4/c16-14(11-2-1-3-12(11)15(17)18)10-4-5-13-9(8-10)6-7-19-13/h4-5,8,11-12,14,16H,1-3,6-7H2,(H,17,18). The van der Waals surface area contributed by atoms with E-state index < -0.39 is 18.0 Å². The predicted octanol–water partition coefficient (Wildman–Crippen LogP) is 2.16. The SMILES string of the molecule is O=C(O)C1CCCC1C(O)c1ccc2c(c1)CCO2. The Morgan fingerprint density at radius 1 is 1.37 bits per heavy atom. The zero-order valence-electron chi connectivity index (χ0n) is 10.7. The highest BCUT2D eigenvalue weighted by Gasteiger charge is 2.38. The topological polar surface area (TPSA) is 66.8 Å². The Bertz CT molecular complexity index is 497. The van der Waals surface area contributed by atoms with Crippen molar-refractivity contribution in [1.29, 1.82) is 0 Å². The quantitative estimate of drug-likeness (QED) is 0.876. The summed E-state index contributed by atoms with van der Waals surface area (Å²) in [4.78, 5) is 11.2. The van der Waals surface area contributed by atoms with Crippen molar-refractivity contribution < 1.29 is 19.7 Å². The summed E-state index contributed by atoms with van der Waals surface area (Å²) in [6.07, 6.45) is 2.52. The van der Waals surface area contributed by atoms with Crippen LogP contribution in [0, 0.1) is 11.8 Å². The van der Waals surface area contributed by atoms with Crippen molar-refractivity contribution in [3.05, 3.63) is 29.3 Å². The summed E-state index contributed by atoms with van der Waals surface area (Å²) < 4.78 is 5.44. The summed E-state index contributed by atoms with van der Waals surface area (Å²) in [5.74, 6) is -0.486. The van der Waals surface area contributed by atoms with Gasteiger partial charge in [-0.05, 0) is 36.1 Å². The summed E-state index contributed by atoms with van der Waals surface area (Å²) in [5, 5.41) is 19.7. The van der Waals surface area contributed by atoms with Gasteiger partial charge in [0.2, 0.25) is 0 Å². The normalized spacial score (nSPS) is 26.8. The number of hydrogen-bond donors (Lipinski definition) is 2. The Kier molecular flexibility index (Phi) is 3.19. The van der Waals surface area contributed by atoms with Crippen LogP contribution < -0.4 is 4.74 Å². The lowest BCUT2D eigenvalue weighted by Gasteiger charge is -2.22. The summed E-state index contributed by atoms with van der Waals surface area (Å²) in [7, 11) is 0. The molecular formula is C15H18O4. The highest BCUT2D eigenvalue weighted by molar-refractivity contribution is 5.70. The molecule has 102 valence electrons. The third kappa shape index (κ3) is 2.21. The minimum atomic E-state index is -0.786. The fraction of sp³-hybridized carbons (Fsp3) is 0.533. The molecule has 0 spiro atoms. The molecule has 0 radical (unpaired) electrons. The van der Waals surface area contributed by atoms with Crippen LogP contribution in [-0.4, -0.2) is 22.8 Å². The molecule has 4 heteroatoms. The molecule has 1 aliphatic carbocycles. The molecule has 3 unspecified atom stereocenters. The van der Waals surface area contributed by atoms with E-state index in [1.165, 1.54) is 0 Å². The molecule has 3 atom stereocenters. The van der Waals surface area contributed by atoms with Crippen molar-refractivity contribution in [2.75, 3.05) is 6.61 Å². The molecule has 19 heavy (non-hydrogen) atoms. The van der Waals surface area contributed by atoms with Crippen molar-refractivity contribution in [2.24, 2.45) is 11.8 Å². The average molecular weight is 262 g/mol. The van der Waals surface area contributed by atoms with Gasteiger partial charge in [0.25, 0.3) is 0 Å². The number of aliphatic hydroxyl groups is 1. The Hall–Kier alpha value is -1.55. The van der Waals surface area contributed by atoms with Gasteiger partial charge in [0, 0.05) is 12.3 Å². The number of carbonyl (C=O) groups is 1. The summed E-state index contributed by atoms with van der Waals surface area (Å²) in [6, 6.07) is 5.70. The Balaban J connectivity index is 1.83. The van der Waals surface area contributed by atoms with E-state index in [2.05, 4.69) is 0 Å².